The number of amides is 1. The number of carbonyl (C=O) groups is 1. The van der Waals surface area contributed by atoms with Crippen molar-refractivity contribution < 1.29 is 13.6 Å². The first-order chi connectivity index (χ1) is 12.9. The first-order valence-corrected chi connectivity index (χ1v) is 8.85. The first-order valence-electron chi connectivity index (χ1n) is 8.85. The fourth-order valence-electron chi connectivity index (χ4n) is 3.42. The predicted molar refractivity (Wildman–Crippen MR) is 99.0 cm³/mol. The highest BCUT2D eigenvalue weighted by molar-refractivity contribution is 6.01. The van der Waals surface area contributed by atoms with Gasteiger partial charge >= 0.3 is 0 Å². The molecule has 2 aromatic carbocycles. The molecule has 0 aliphatic carbocycles. The minimum Gasteiger partial charge on any atom is -0.348 e. The Kier molecular flexibility index (Phi) is 4.26. The molecule has 6 heteroatoms. The molecular formula is C21H19F2N3O. The van der Waals surface area contributed by atoms with Gasteiger partial charge in [0.05, 0.1) is 6.20 Å². The maximum atomic E-state index is 14.5. The van der Waals surface area contributed by atoms with Gasteiger partial charge in [-0.2, -0.15) is 5.10 Å². The van der Waals surface area contributed by atoms with Crippen molar-refractivity contribution in [2.24, 2.45) is 5.92 Å². The topological polar surface area (TPSA) is 46.9 Å². The summed E-state index contributed by atoms with van der Waals surface area (Å²) in [5.41, 5.74) is 3.78. The molecule has 0 spiro atoms. The van der Waals surface area contributed by atoms with Crippen LogP contribution in [-0.4, -0.2) is 15.7 Å². The molecule has 1 N–H and O–H groups in total. The monoisotopic (exact) mass is 367 g/mol. The molecule has 0 saturated heterocycles. The zero-order valence-electron chi connectivity index (χ0n) is 15.1. The molecule has 1 aromatic heterocycles. The van der Waals surface area contributed by atoms with Gasteiger partial charge in [0.25, 0.3) is 5.91 Å². The largest absolute Gasteiger partial charge is 0.348 e. The van der Waals surface area contributed by atoms with E-state index >= 15 is 0 Å². The molecule has 0 fully saturated rings. The molecule has 2 heterocycles. The molecule has 1 aliphatic rings. The van der Waals surface area contributed by atoms with Gasteiger partial charge in [-0.3, -0.25) is 9.48 Å². The molecule has 1 amide bonds. The van der Waals surface area contributed by atoms with E-state index in [0.717, 1.165) is 29.3 Å². The van der Waals surface area contributed by atoms with Crippen molar-refractivity contribution in [2.75, 3.05) is 0 Å². The number of hydrogen-bond donors (Lipinski definition) is 1. The summed E-state index contributed by atoms with van der Waals surface area (Å²) in [4.78, 5) is 12.1. The summed E-state index contributed by atoms with van der Waals surface area (Å²) in [6, 6.07) is 7.05. The third-order valence-electron chi connectivity index (χ3n) is 4.65. The van der Waals surface area contributed by atoms with Crippen molar-refractivity contribution in [1.82, 2.24) is 15.1 Å². The number of rotatable bonds is 4. The second kappa shape index (κ2) is 6.61. The van der Waals surface area contributed by atoms with Crippen molar-refractivity contribution in [3.63, 3.8) is 0 Å². The third kappa shape index (κ3) is 3.23. The van der Waals surface area contributed by atoms with Crippen LogP contribution in [0.1, 0.15) is 29.8 Å². The SMILES string of the molecule is CC(C)Cn1cc(-c2cc3c(cc2-c2ccc(F)cc2F)C(=O)NC3)cn1. The lowest BCUT2D eigenvalue weighted by Crippen LogP contribution is -2.12. The summed E-state index contributed by atoms with van der Waals surface area (Å²) in [6.07, 6.45) is 3.65. The van der Waals surface area contributed by atoms with E-state index in [4.69, 9.17) is 0 Å². The van der Waals surface area contributed by atoms with Crippen molar-refractivity contribution in [3.05, 3.63) is 65.5 Å². The van der Waals surface area contributed by atoms with E-state index in [1.165, 1.54) is 12.1 Å². The summed E-state index contributed by atoms with van der Waals surface area (Å²) in [7, 11) is 0. The molecule has 4 rings (SSSR count). The smallest absolute Gasteiger partial charge is 0.251 e. The van der Waals surface area contributed by atoms with E-state index < -0.39 is 11.6 Å². The lowest BCUT2D eigenvalue weighted by atomic mass is 9.91. The van der Waals surface area contributed by atoms with Crippen LogP contribution >= 0.6 is 0 Å². The van der Waals surface area contributed by atoms with Gasteiger partial charge in [-0.1, -0.05) is 13.8 Å². The van der Waals surface area contributed by atoms with Crippen LogP contribution in [0.15, 0.2) is 42.7 Å². The normalized spacial score (nSPS) is 13.1. The lowest BCUT2D eigenvalue weighted by Gasteiger charge is -2.12. The third-order valence-corrected chi connectivity index (χ3v) is 4.65. The van der Waals surface area contributed by atoms with Crippen LogP contribution in [-0.2, 0) is 13.1 Å². The highest BCUT2D eigenvalue weighted by Gasteiger charge is 2.24. The molecule has 27 heavy (non-hydrogen) atoms. The molecule has 0 unspecified atom stereocenters. The van der Waals surface area contributed by atoms with Crippen molar-refractivity contribution in [1.29, 1.82) is 0 Å². The van der Waals surface area contributed by atoms with Crippen LogP contribution in [0.5, 0.6) is 0 Å². The maximum Gasteiger partial charge on any atom is 0.251 e. The Morgan fingerprint density at radius 2 is 1.93 bits per heavy atom. The number of carbonyl (C=O) groups excluding carboxylic acids is 1. The van der Waals surface area contributed by atoms with Crippen molar-refractivity contribution in [3.8, 4) is 22.3 Å². The predicted octanol–water partition coefficient (Wildman–Crippen LogP) is 4.39. The number of hydrogen-bond acceptors (Lipinski definition) is 2. The Morgan fingerprint density at radius 1 is 1.11 bits per heavy atom. The highest BCUT2D eigenvalue weighted by Crippen LogP contribution is 2.37. The van der Waals surface area contributed by atoms with Gasteiger partial charge in [-0.25, -0.2) is 8.78 Å². The number of aromatic nitrogens is 2. The molecular weight excluding hydrogens is 348 g/mol. The fourth-order valence-corrected chi connectivity index (χ4v) is 3.42. The Hall–Kier alpha value is -3.02. The number of halogens is 2. The Morgan fingerprint density at radius 3 is 2.67 bits per heavy atom. The van der Waals surface area contributed by atoms with Gasteiger partial charge < -0.3 is 5.32 Å². The van der Waals surface area contributed by atoms with E-state index in [9.17, 15) is 13.6 Å². The molecule has 4 nitrogen and oxygen atoms in total. The zero-order chi connectivity index (χ0) is 19.1. The van der Waals surface area contributed by atoms with E-state index in [1.807, 2.05) is 16.9 Å². The summed E-state index contributed by atoms with van der Waals surface area (Å²) in [6.45, 7) is 5.42. The van der Waals surface area contributed by atoms with E-state index in [-0.39, 0.29) is 11.5 Å². The Labute approximate surface area is 155 Å². The van der Waals surface area contributed by atoms with Crippen LogP contribution in [0.25, 0.3) is 22.3 Å². The van der Waals surface area contributed by atoms with Gasteiger partial charge in [0, 0.05) is 42.0 Å². The van der Waals surface area contributed by atoms with Crippen LogP contribution in [0.4, 0.5) is 8.78 Å². The van der Waals surface area contributed by atoms with E-state index in [1.54, 1.807) is 12.3 Å². The highest BCUT2D eigenvalue weighted by atomic mass is 19.1. The summed E-state index contributed by atoms with van der Waals surface area (Å²) in [5, 5.41) is 7.18. The van der Waals surface area contributed by atoms with Crippen LogP contribution in [0.2, 0.25) is 0 Å². The van der Waals surface area contributed by atoms with Gasteiger partial charge in [0.15, 0.2) is 0 Å². The summed E-state index contributed by atoms with van der Waals surface area (Å²) < 4.78 is 29.7. The minimum absolute atomic E-state index is 0.184. The number of benzene rings is 2. The lowest BCUT2D eigenvalue weighted by molar-refractivity contribution is 0.0966. The second-order valence-electron chi connectivity index (χ2n) is 7.21. The quantitative estimate of drug-likeness (QED) is 0.743. The standard InChI is InChI=1S/C21H19F2N3O/c1-12(2)10-26-11-14(9-25-26)17-5-13-8-24-21(27)18(13)7-19(17)16-4-3-15(22)6-20(16)23/h3-7,9,11-12H,8,10H2,1-2H3,(H,24,27). The maximum absolute atomic E-state index is 14.5. The van der Waals surface area contributed by atoms with Crippen molar-refractivity contribution in [2.45, 2.75) is 26.9 Å². The molecule has 0 radical (unpaired) electrons. The number of nitrogens with zero attached hydrogens (tertiary/aromatic N) is 2. The van der Waals surface area contributed by atoms with E-state index in [2.05, 4.69) is 24.3 Å². The van der Waals surface area contributed by atoms with Gasteiger partial charge in [0.1, 0.15) is 11.6 Å². The molecule has 3 aromatic rings. The molecule has 0 atom stereocenters. The average molecular weight is 367 g/mol. The van der Waals surface area contributed by atoms with Gasteiger partial charge in [-0.05, 0) is 46.9 Å². The molecule has 138 valence electrons. The summed E-state index contributed by atoms with van der Waals surface area (Å²) >= 11 is 0. The molecule has 0 saturated carbocycles. The van der Waals surface area contributed by atoms with E-state index in [0.29, 0.717) is 23.6 Å². The van der Waals surface area contributed by atoms with Gasteiger partial charge in [-0.15, -0.1) is 0 Å². The second-order valence-corrected chi connectivity index (χ2v) is 7.21. The minimum atomic E-state index is -0.663. The van der Waals surface area contributed by atoms with Crippen LogP contribution in [0, 0.1) is 17.6 Å². The zero-order valence-corrected chi connectivity index (χ0v) is 15.1. The fraction of sp³-hybridized carbons (Fsp3) is 0.238. The van der Waals surface area contributed by atoms with Crippen molar-refractivity contribution >= 4 is 5.91 Å². The number of nitrogens with one attached hydrogen (secondary N) is 1. The molecule has 0 bridgehead atoms. The Bertz CT molecular complexity index is 1040. The summed E-state index contributed by atoms with van der Waals surface area (Å²) in [5.74, 6) is -1.05. The Balaban J connectivity index is 1.90. The average Bonchev–Trinajstić information content (AvgIpc) is 3.20. The number of fused-ring (bicyclic) bond motifs is 1. The first kappa shape index (κ1) is 17.4. The molecule has 1 aliphatic heterocycles. The van der Waals surface area contributed by atoms with Crippen LogP contribution < -0.4 is 5.32 Å². The van der Waals surface area contributed by atoms with Crippen LogP contribution in [0.3, 0.4) is 0 Å². The van der Waals surface area contributed by atoms with Gasteiger partial charge in [0.2, 0.25) is 0 Å².